The van der Waals surface area contributed by atoms with Crippen LogP contribution < -0.4 is 0 Å². The van der Waals surface area contributed by atoms with Crippen molar-refractivity contribution < 1.29 is 19.7 Å². The quantitative estimate of drug-likeness (QED) is 0.265. The Kier molecular flexibility index (Phi) is 6.61. The standard InChI is InChI=1S/C20H19NO4/c21-14-17(12-16-9-10-18(22)19(23)13-16)20(24)25-11-5-4-8-15-6-2-1-3-7-15/h1-3,6-7,9-10,12-13,22-23H,4-5,8,11H2/b17-12+. The maximum absolute atomic E-state index is 11.9. The van der Waals surface area contributed by atoms with Crippen molar-refractivity contribution in [2.75, 3.05) is 6.61 Å². The summed E-state index contributed by atoms with van der Waals surface area (Å²) in [6.45, 7) is 0.242. The summed E-state index contributed by atoms with van der Waals surface area (Å²) in [6, 6.07) is 15.9. The van der Waals surface area contributed by atoms with E-state index in [1.54, 1.807) is 6.07 Å². The van der Waals surface area contributed by atoms with Gasteiger partial charge in [0.2, 0.25) is 0 Å². The fourth-order valence-electron chi connectivity index (χ4n) is 2.25. The summed E-state index contributed by atoms with van der Waals surface area (Å²) < 4.78 is 5.12. The highest BCUT2D eigenvalue weighted by molar-refractivity contribution is 5.97. The minimum atomic E-state index is -0.699. The van der Waals surface area contributed by atoms with Gasteiger partial charge in [-0.2, -0.15) is 5.26 Å². The first-order valence-electron chi connectivity index (χ1n) is 7.95. The molecule has 5 nitrogen and oxygen atoms in total. The van der Waals surface area contributed by atoms with Crippen LogP contribution in [-0.4, -0.2) is 22.8 Å². The molecule has 0 radical (unpaired) electrons. The summed E-state index contributed by atoms with van der Waals surface area (Å²) in [4.78, 5) is 11.9. The van der Waals surface area contributed by atoms with E-state index in [0.717, 1.165) is 12.8 Å². The molecular formula is C20H19NO4. The van der Waals surface area contributed by atoms with Crippen LogP contribution in [0.5, 0.6) is 11.5 Å². The van der Waals surface area contributed by atoms with Gasteiger partial charge < -0.3 is 14.9 Å². The van der Waals surface area contributed by atoms with E-state index in [2.05, 4.69) is 12.1 Å². The first kappa shape index (κ1) is 18.1. The van der Waals surface area contributed by atoms with Crippen molar-refractivity contribution >= 4 is 12.0 Å². The number of hydrogen-bond donors (Lipinski definition) is 2. The predicted octanol–water partition coefficient (Wildman–Crippen LogP) is 3.57. The molecule has 0 unspecified atom stereocenters. The average molecular weight is 337 g/mol. The molecule has 0 bridgehead atoms. The number of nitriles is 1. The van der Waals surface area contributed by atoms with Gasteiger partial charge in [-0.1, -0.05) is 36.4 Å². The Labute approximate surface area is 146 Å². The number of rotatable bonds is 7. The second-order valence-corrected chi connectivity index (χ2v) is 5.50. The Hall–Kier alpha value is -3.26. The topological polar surface area (TPSA) is 90.5 Å². The van der Waals surface area contributed by atoms with Crippen LogP contribution >= 0.6 is 0 Å². The average Bonchev–Trinajstić information content (AvgIpc) is 2.63. The van der Waals surface area contributed by atoms with Gasteiger partial charge in [-0.25, -0.2) is 4.79 Å². The van der Waals surface area contributed by atoms with Crippen molar-refractivity contribution in [3.05, 3.63) is 65.2 Å². The lowest BCUT2D eigenvalue weighted by molar-refractivity contribution is -0.138. The van der Waals surface area contributed by atoms with Gasteiger partial charge in [-0.05, 0) is 48.6 Å². The summed E-state index contributed by atoms with van der Waals surface area (Å²) in [7, 11) is 0. The van der Waals surface area contributed by atoms with Crippen LogP contribution in [-0.2, 0) is 16.0 Å². The Balaban J connectivity index is 1.82. The van der Waals surface area contributed by atoms with Crippen molar-refractivity contribution in [1.29, 1.82) is 5.26 Å². The molecule has 0 aliphatic carbocycles. The van der Waals surface area contributed by atoms with E-state index in [1.165, 1.54) is 29.8 Å². The lowest BCUT2D eigenvalue weighted by Crippen LogP contribution is -2.08. The summed E-state index contributed by atoms with van der Waals surface area (Å²) in [5.74, 6) is -1.29. The number of phenolic OH excluding ortho intramolecular Hbond substituents is 2. The number of nitrogens with zero attached hydrogens (tertiary/aromatic N) is 1. The van der Waals surface area contributed by atoms with Gasteiger partial charge in [-0.3, -0.25) is 0 Å². The van der Waals surface area contributed by atoms with E-state index >= 15 is 0 Å². The summed E-state index contributed by atoms with van der Waals surface area (Å²) in [5, 5.41) is 27.8. The second-order valence-electron chi connectivity index (χ2n) is 5.50. The number of ether oxygens (including phenoxy) is 1. The van der Waals surface area contributed by atoms with Gasteiger partial charge in [0.25, 0.3) is 0 Å². The number of aryl methyl sites for hydroxylation is 1. The van der Waals surface area contributed by atoms with E-state index in [1.807, 2.05) is 18.2 Å². The molecule has 0 saturated carbocycles. The molecule has 0 aliphatic heterocycles. The number of carbonyl (C=O) groups is 1. The van der Waals surface area contributed by atoms with Gasteiger partial charge in [0, 0.05) is 0 Å². The molecule has 0 atom stereocenters. The zero-order chi connectivity index (χ0) is 18.1. The van der Waals surface area contributed by atoms with Crippen LogP contribution in [0.2, 0.25) is 0 Å². The third-order valence-corrected chi connectivity index (χ3v) is 3.59. The van der Waals surface area contributed by atoms with E-state index in [-0.39, 0.29) is 23.7 Å². The highest BCUT2D eigenvalue weighted by Crippen LogP contribution is 2.26. The lowest BCUT2D eigenvalue weighted by Gasteiger charge is -2.05. The van der Waals surface area contributed by atoms with Crippen molar-refractivity contribution in [3.8, 4) is 17.6 Å². The number of hydrogen-bond acceptors (Lipinski definition) is 5. The van der Waals surface area contributed by atoms with Gasteiger partial charge in [0.1, 0.15) is 11.6 Å². The minimum absolute atomic E-state index is 0.159. The molecule has 0 amide bonds. The predicted molar refractivity (Wildman–Crippen MR) is 93.7 cm³/mol. The maximum Gasteiger partial charge on any atom is 0.348 e. The Morgan fingerprint density at radius 2 is 1.84 bits per heavy atom. The number of benzene rings is 2. The smallest absolute Gasteiger partial charge is 0.348 e. The van der Waals surface area contributed by atoms with Crippen molar-refractivity contribution in [3.63, 3.8) is 0 Å². The fraction of sp³-hybridized carbons (Fsp3) is 0.200. The first-order chi connectivity index (χ1) is 12.1. The Morgan fingerprint density at radius 3 is 2.52 bits per heavy atom. The second kappa shape index (κ2) is 9.14. The van der Waals surface area contributed by atoms with Crippen LogP contribution in [0.25, 0.3) is 6.08 Å². The Bertz CT molecular complexity index is 791. The fourth-order valence-corrected chi connectivity index (χ4v) is 2.25. The highest BCUT2D eigenvalue weighted by Gasteiger charge is 2.11. The number of unbranched alkanes of at least 4 members (excludes halogenated alkanes) is 1. The molecule has 128 valence electrons. The normalized spacial score (nSPS) is 10.9. The van der Waals surface area contributed by atoms with Crippen LogP contribution in [0, 0.1) is 11.3 Å². The largest absolute Gasteiger partial charge is 0.504 e. The zero-order valence-corrected chi connectivity index (χ0v) is 13.7. The van der Waals surface area contributed by atoms with Gasteiger partial charge in [-0.15, -0.1) is 0 Å². The molecule has 0 spiro atoms. The summed E-state index contributed by atoms with van der Waals surface area (Å²) in [6.07, 6.45) is 3.81. The Morgan fingerprint density at radius 1 is 1.08 bits per heavy atom. The number of esters is 1. The summed E-state index contributed by atoms with van der Waals surface area (Å²) >= 11 is 0. The van der Waals surface area contributed by atoms with Crippen LogP contribution in [0.4, 0.5) is 0 Å². The molecule has 25 heavy (non-hydrogen) atoms. The number of aromatic hydroxyl groups is 2. The minimum Gasteiger partial charge on any atom is -0.504 e. The van der Waals surface area contributed by atoms with Crippen molar-refractivity contribution in [2.24, 2.45) is 0 Å². The molecule has 2 rings (SSSR count). The monoisotopic (exact) mass is 337 g/mol. The maximum atomic E-state index is 11.9. The molecule has 0 fully saturated rings. The van der Waals surface area contributed by atoms with Crippen molar-refractivity contribution in [1.82, 2.24) is 0 Å². The number of carbonyl (C=O) groups excluding carboxylic acids is 1. The third kappa shape index (κ3) is 5.70. The van der Waals surface area contributed by atoms with E-state index in [9.17, 15) is 15.0 Å². The molecular weight excluding hydrogens is 318 g/mol. The van der Waals surface area contributed by atoms with E-state index < -0.39 is 5.97 Å². The van der Waals surface area contributed by atoms with Gasteiger partial charge >= 0.3 is 5.97 Å². The van der Waals surface area contributed by atoms with Crippen LogP contribution in [0.3, 0.4) is 0 Å². The van der Waals surface area contributed by atoms with Crippen LogP contribution in [0.1, 0.15) is 24.0 Å². The molecule has 0 aliphatic rings. The highest BCUT2D eigenvalue weighted by atomic mass is 16.5. The molecule has 0 heterocycles. The van der Waals surface area contributed by atoms with Gasteiger partial charge in [0.05, 0.1) is 6.61 Å². The number of phenols is 2. The molecule has 5 heteroatoms. The van der Waals surface area contributed by atoms with E-state index in [0.29, 0.717) is 12.0 Å². The molecule has 2 aromatic rings. The van der Waals surface area contributed by atoms with Crippen molar-refractivity contribution in [2.45, 2.75) is 19.3 Å². The molecule has 2 aromatic carbocycles. The lowest BCUT2D eigenvalue weighted by atomic mass is 10.1. The molecule has 0 aromatic heterocycles. The van der Waals surface area contributed by atoms with Gasteiger partial charge in [0.15, 0.2) is 11.5 Å². The zero-order valence-electron chi connectivity index (χ0n) is 13.7. The summed E-state index contributed by atoms with van der Waals surface area (Å²) in [5.41, 5.74) is 1.50. The first-order valence-corrected chi connectivity index (χ1v) is 7.95. The van der Waals surface area contributed by atoms with E-state index in [4.69, 9.17) is 10.00 Å². The SMILES string of the molecule is N#C/C(=C\c1ccc(O)c(O)c1)C(=O)OCCCCc1ccccc1. The molecule has 2 N–H and O–H groups in total. The third-order valence-electron chi connectivity index (χ3n) is 3.59. The van der Waals surface area contributed by atoms with Crippen LogP contribution in [0.15, 0.2) is 54.1 Å². The molecule has 0 saturated heterocycles.